The zero-order valence-corrected chi connectivity index (χ0v) is 22.6. The van der Waals surface area contributed by atoms with Gasteiger partial charge in [-0.15, -0.1) is 0 Å². The van der Waals surface area contributed by atoms with Gasteiger partial charge in [-0.25, -0.2) is 4.79 Å². The van der Waals surface area contributed by atoms with E-state index in [1.165, 1.54) is 18.7 Å². The molecule has 0 saturated heterocycles. The van der Waals surface area contributed by atoms with Gasteiger partial charge < -0.3 is 14.6 Å². The fraction of sp³-hybridized carbons (Fsp3) is 0.714. The molecule has 198 valence electrons. The summed E-state index contributed by atoms with van der Waals surface area (Å²) in [5, 5.41) is 11.5. The van der Waals surface area contributed by atoms with Gasteiger partial charge in [-0.3, -0.25) is 14.4 Å². The summed E-state index contributed by atoms with van der Waals surface area (Å²) < 4.78 is 10.3. The molecule has 7 nitrogen and oxygen atoms in total. The molecule has 4 rings (SSSR count). The van der Waals surface area contributed by atoms with Crippen molar-refractivity contribution in [2.75, 3.05) is 18.6 Å². The molecule has 0 amide bonds. The van der Waals surface area contributed by atoms with Gasteiger partial charge in [-0.05, 0) is 74.2 Å². The van der Waals surface area contributed by atoms with E-state index in [9.17, 15) is 24.3 Å². The van der Waals surface area contributed by atoms with Crippen molar-refractivity contribution in [2.45, 2.75) is 65.6 Å². The molecule has 1 unspecified atom stereocenters. The molecule has 9 atom stereocenters. The van der Waals surface area contributed by atoms with Crippen molar-refractivity contribution in [1.29, 1.82) is 0 Å². The van der Waals surface area contributed by atoms with Crippen LogP contribution in [0.2, 0.25) is 0 Å². The van der Waals surface area contributed by atoms with Crippen LogP contribution in [0.5, 0.6) is 0 Å². The van der Waals surface area contributed by atoms with Crippen molar-refractivity contribution in [2.24, 2.45) is 40.4 Å². The summed E-state index contributed by atoms with van der Waals surface area (Å²) in [4.78, 5) is 49.3. The Morgan fingerprint density at radius 3 is 2.67 bits per heavy atom. The fourth-order valence-electron chi connectivity index (χ4n) is 8.04. The second-order valence-corrected chi connectivity index (χ2v) is 12.5. The van der Waals surface area contributed by atoms with Crippen LogP contribution in [0.4, 0.5) is 0 Å². The van der Waals surface area contributed by atoms with E-state index < -0.39 is 24.1 Å². The summed E-state index contributed by atoms with van der Waals surface area (Å²) in [6.07, 6.45) is 8.47. The molecule has 0 bridgehead atoms. The SMILES string of the molecule is CSCC(=O)OC(C)C(=O)OCC(=O)[C@H]1CC[C@H]2[C@@H]3C[C@H](C)C4=CC(=O)C=C[C@]4(C)[C@H]3[C@@H](O)C[C@]12C. The van der Waals surface area contributed by atoms with E-state index in [0.717, 1.165) is 18.4 Å². The summed E-state index contributed by atoms with van der Waals surface area (Å²) >= 11 is 1.30. The third-order valence-electron chi connectivity index (χ3n) is 9.46. The first-order valence-electron chi connectivity index (χ1n) is 12.9. The molecule has 0 spiro atoms. The normalized spacial score (nSPS) is 39.8. The second-order valence-electron chi connectivity index (χ2n) is 11.6. The topological polar surface area (TPSA) is 107 Å². The number of Topliss-reactive ketones (excluding diaryl/α,β-unsaturated/α-hetero) is 1. The maximum Gasteiger partial charge on any atom is 0.347 e. The highest BCUT2D eigenvalue weighted by molar-refractivity contribution is 7.99. The molecule has 1 N–H and O–H groups in total. The Balaban J connectivity index is 1.46. The van der Waals surface area contributed by atoms with Crippen molar-refractivity contribution in [3.63, 3.8) is 0 Å². The summed E-state index contributed by atoms with van der Waals surface area (Å²) in [5.41, 5.74) is 0.369. The number of thioether (sulfide) groups is 1. The van der Waals surface area contributed by atoms with Crippen LogP contribution < -0.4 is 0 Å². The quantitative estimate of drug-likeness (QED) is 0.510. The Hall–Kier alpha value is -1.93. The molecule has 4 aliphatic rings. The van der Waals surface area contributed by atoms with Gasteiger partial charge in [-0.2, -0.15) is 11.8 Å². The van der Waals surface area contributed by atoms with Crippen molar-refractivity contribution in [1.82, 2.24) is 0 Å². The Morgan fingerprint density at radius 1 is 1.25 bits per heavy atom. The van der Waals surface area contributed by atoms with Crippen molar-refractivity contribution in [3.8, 4) is 0 Å². The van der Waals surface area contributed by atoms with E-state index in [2.05, 4.69) is 20.8 Å². The van der Waals surface area contributed by atoms with Gasteiger partial charge in [0.15, 0.2) is 17.7 Å². The molecule has 3 fully saturated rings. The first kappa shape index (κ1) is 27.1. The lowest BCUT2D eigenvalue weighted by Gasteiger charge is -2.60. The van der Waals surface area contributed by atoms with Crippen molar-refractivity contribution < 1.29 is 33.8 Å². The van der Waals surface area contributed by atoms with Gasteiger partial charge in [0.25, 0.3) is 0 Å². The van der Waals surface area contributed by atoms with E-state index in [-0.39, 0.29) is 64.3 Å². The van der Waals surface area contributed by atoms with E-state index in [0.29, 0.717) is 12.8 Å². The average Bonchev–Trinajstić information content (AvgIpc) is 3.15. The molecule has 0 aromatic rings. The molecular weight excluding hydrogens is 480 g/mol. The highest BCUT2D eigenvalue weighted by Gasteiger charge is 2.63. The van der Waals surface area contributed by atoms with Crippen LogP contribution in [-0.4, -0.2) is 59.4 Å². The Morgan fingerprint density at radius 2 is 1.97 bits per heavy atom. The molecule has 3 saturated carbocycles. The zero-order valence-electron chi connectivity index (χ0n) is 21.8. The molecule has 0 aliphatic heterocycles. The number of ketones is 2. The predicted octanol–water partition coefficient (Wildman–Crippen LogP) is 3.53. The lowest BCUT2D eigenvalue weighted by atomic mass is 9.45. The number of hydrogen-bond donors (Lipinski definition) is 1. The number of fused-ring (bicyclic) bond motifs is 5. The Labute approximate surface area is 217 Å². The molecule has 4 aliphatic carbocycles. The van der Waals surface area contributed by atoms with Crippen LogP contribution in [0.1, 0.15) is 53.4 Å². The number of esters is 2. The van der Waals surface area contributed by atoms with E-state index >= 15 is 0 Å². The molecule has 0 radical (unpaired) electrons. The number of carbonyl (C=O) groups is 4. The average molecular weight is 519 g/mol. The Bertz CT molecular complexity index is 1000. The number of rotatable bonds is 7. The van der Waals surface area contributed by atoms with E-state index in [1.807, 2.05) is 6.08 Å². The number of aliphatic hydroxyl groups is 1. The number of aliphatic hydroxyl groups excluding tert-OH is 1. The third kappa shape index (κ3) is 4.60. The van der Waals surface area contributed by atoms with E-state index in [1.54, 1.807) is 18.4 Å². The van der Waals surface area contributed by atoms with Crippen molar-refractivity contribution >= 4 is 35.3 Å². The van der Waals surface area contributed by atoms with Crippen LogP contribution >= 0.6 is 11.8 Å². The molecular formula is C28H38O7S. The zero-order chi connectivity index (χ0) is 26.4. The Kier molecular flexibility index (Phi) is 7.60. The minimum Gasteiger partial charge on any atom is -0.455 e. The molecule has 0 aromatic heterocycles. The highest BCUT2D eigenvalue weighted by atomic mass is 32.2. The van der Waals surface area contributed by atoms with Crippen LogP contribution in [0.25, 0.3) is 0 Å². The highest BCUT2D eigenvalue weighted by Crippen LogP contribution is 2.66. The van der Waals surface area contributed by atoms with Gasteiger partial charge in [0.2, 0.25) is 0 Å². The number of allylic oxidation sites excluding steroid dienone is 4. The summed E-state index contributed by atoms with van der Waals surface area (Å²) in [6.45, 7) is 7.50. The molecule has 8 heteroatoms. The van der Waals surface area contributed by atoms with Crippen LogP contribution in [-0.2, 0) is 28.7 Å². The smallest absolute Gasteiger partial charge is 0.347 e. The minimum atomic E-state index is -1.07. The summed E-state index contributed by atoms with van der Waals surface area (Å²) in [7, 11) is 0. The number of hydrogen-bond acceptors (Lipinski definition) is 8. The first-order chi connectivity index (χ1) is 16.9. The lowest BCUT2D eigenvalue weighted by Crippen LogP contribution is -2.57. The van der Waals surface area contributed by atoms with Crippen LogP contribution in [0.15, 0.2) is 23.8 Å². The maximum atomic E-state index is 13.3. The van der Waals surface area contributed by atoms with Gasteiger partial charge in [-0.1, -0.05) is 32.4 Å². The predicted molar refractivity (Wildman–Crippen MR) is 136 cm³/mol. The van der Waals surface area contributed by atoms with Gasteiger partial charge in [0.1, 0.15) is 6.61 Å². The molecule has 36 heavy (non-hydrogen) atoms. The molecule has 0 aromatic carbocycles. The second kappa shape index (κ2) is 10.1. The summed E-state index contributed by atoms with van der Waals surface area (Å²) in [5.74, 6) is -0.768. The maximum absolute atomic E-state index is 13.3. The summed E-state index contributed by atoms with van der Waals surface area (Å²) in [6, 6.07) is 0. The third-order valence-corrected chi connectivity index (χ3v) is 9.99. The van der Waals surface area contributed by atoms with Crippen molar-refractivity contribution in [3.05, 3.63) is 23.8 Å². The standard InChI is InChI=1S/C28H38O7S/c1-15-10-18-19-6-7-20(23(31)13-34-26(33)16(2)35-24(32)14-36-5)28(19,4)12-22(30)25(18)27(3)9-8-17(29)11-21(15)27/h8-9,11,15-16,18-20,22,25,30H,6-7,10,12-14H2,1-5H3/t15-,16?,18-,19-,20+,22-,25+,27-,28-/m0/s1. The van der Waals surface area contributed by atoms with Crippen LogP contribution in [0, 0.1) is 40.4 Å². The number of ether oxygens (including phenoxy) is 2. The minimum absolute atomic E-state index is 0.00544. The van der Waals surface area contributed by atoms with Crippen LogP contribution in [0.3, 0.4) is 0 Å². The van der Waals surface area contributed by atoms with Gasteiger partial charge in [0, 0.05) is 17.3 Å². The van der Waals surface area contributed by atoms with Gasteiger partial charge in [0.05, 0.1) is 11.9 Å². The number of carbonyl (C=O) groups excluding carboxylic acids is 4. The first-order valence-corrected chi connectivity index (χ1v) is 14.3. The van der Waals surface area contributed by atoms with Gasteiger partial charge >= 0.3 is 11.9 Å². The molecule has 0 heterocycles. The largest absolute Gasteiger partial charge is 0.455 e. The lowest BCUT2D eigenvalue weighted by molar-refractivity contribution is -0.167. The monoisotopic (exact) mass is 518 g/mol. The van der Waals surface area contributed by atoms with E-state index in [4.69, 9.17) is 9.47 Å². The fourth-order valence-corrected chi connectivity index (χ4v) is 8.34.